The van der Waals surface area contributed by atoms with Gasteiger partial charge in [0.25, 0.3) is 10.1 Å². The molecule has 5 nitrogen and oxygen atoms in total. The Balaban J connectivity index is 4.22. The monoisotopic (exact) mass is 181 g/mol. The van der Waals surface area contributed by atoms with Gasteiger partial charge in [0.1, 0.15) is 0 Å². The van der Waals surface area contributed by atoms with Crippen LogP contribution in [0.5, 0.6) is 0 Å². The first kappa shape index (κ1) is 10.4. The molecule has 0 radical (unpaired) electrons. The van der Waals surface area contributed by atoms with E-state index in [9.17, 15) is 13.2 Å². The number of hydrogen-bond acceptors (Lipinski definition) is 4. The zero-order chi connectivity index (χ0) is 9.07. The van der Waals surface area contributed by atoms with Crippen molar-refractivity contribution in [1.82, 2.24) is 5.06 Å². The average Bonchev–Trinajstić information content (AvgIpc) is 1.80. The number of hydrogen-bond donors (Lipinski definition) is 0. The van der Waals surface area contributed by atoms with Gasteiger partial charge in [0.05, 0.1) is 6.26 Å². The number of rotatable bonds is 3. The van der Waals surface area contributed by atoms with Crippen molar-refractivity contribution < 1.29 is 17.5 Å². The highest BCUT2D eigenvalue weighted by Crippen LogP contribution is 1.95. The number of nitrogens with zero attached hydrogens (tertiary/aromatic N) is 1. The van der Waals surface area contributed by atoms with Gasteiger partial charge in [0.2, 0.25) is 5.91 Å². The van der Waals surface area contributed by atoms with Crippen molar-refractivity contribution in [3.05, 3.63) is 0 Å². The van der Waals surface area contributed by atoms with Gasteiger partial charge < -0.3 is 0 Å². The minimum absolute atomic E-state index is 0.211. The summed E-state index contributed by atoms with van der Waals surface area (Å²) in [5, 5.41) is 0.773. The molecule has 0 heterocycles. The molecule has 0 saturated carbocycles. The van der Waals surface area contributed by atoms with Crippen LogP contribution in [-0.2, 0) is 19.2 Å². The summed E-state index contributed by atoms with van der Waals surface area (Å²) in [7, 11) is -3.58. The summed E-state index contributed by atoms with van der Waals surface area (Å²) in [6.07, 6.45) is 0.888. The molecule has 0 aromatic rings. The first-order chi connectivity index (χ1) is 4.87. The van der Waals surface area contributed by atoms with Gasteiger partial charge in [-0.15, -0.1) is 4.28 Å². The van der Waals surface area contributed by atoms with E-state index in [0.29, 0.717) is 0 Å². The molecule has 0 aromatic carbocycles. The van der Waals surface area contributed by atoms with Crippen LogP contribution in [-0.4, -0.2) is 32.2 Å². The molecular weight excluding hydrogens is 170 g/mol. The summed E-state index contributed by atoms with van der Waals surface area (Å²) >= 11 is 0. The molecule has 66 valence electrons. The third-order valence-corrected chi connectivity index (χ3v) is 1.31. The molecule has 0 spiro atoms. The van der Waals surface area contributed by atoms with Crippen LogP contribution < -0.4 is 0 Å². The smallest absolute Gasteiger partial charge is 0.273 e. The summed E-state index contributed by atoms with van der Waals surface area (Å²) in [5.74, 6) is -0.432. The molecule has 0 saturated heterocycles. The molecule has 0 aliphatic heterocycles. The molecule has 0 N–H and O–H groups in total. The van der Waals surface area contributed by atoms with Gasteiger partial charge in [0, 0.05) is 13.5 Å². The van der Waals surface area contributed by atoms with Gasteiger partial charge in [-0.1, -0.05) is 0 Å². The first-order valence-electron chi connectivity index (χ1n) is 3.04. The Morgan fingerprint density at radius 1 is 1.55 bits per heavy atom. The Kier molecular flexibility index (Phi) is 3.47. The number of carbonyl (C=O) groups is 1. The highest BCUT2D eigenvalue weighted by molar-refractivity contribution is 7.85. The van der Waals surface area contributed by atoms with E-state index in [1.54, 1.807) is 6.92 Å². The van der Waals surface area contributed by atoms with E-state index in [2.05, 4.69) is 4.28 Å². The average molecular weight is 181 g/mol. The summed E-state index contributed by atoms with van der Waals surface area (Å²) in [5.41, 5.74) is 0. The minimum atomic E-state index is -3.58. The predicted octanol–water partition coefficient (Wildman–Crippen LogP) is -0.254. The highest BCUT2D eigenvalue weighted by Gasteiger charge is 2.12. The van der Waals surface area contributed by atoms with Crippen molar-refractivity contribution in [3.8, 4) is 0 Å². The lowest BCUT2D eigenvalue weighted by Crippen LogP contribution is -2.30. The van der Waals surface area contributed by atoms with Gasteiger partial charge in [-0.3, -0.25) is 4.79 Å². The maximum atomic E-state index is 10.6. The molecule has 0 aliphatic rings. The van der Waals surface area contributed by atoms with Crippen LogP contribution in [0.1, 0.15) is 13.8 Å². The molecule has 0 aliphatic carbocycles. The van der Waals surface area contributed by atoms with Crippen LogP contribution in [0.4, 0.5) is 0 Å². The van der Waals surface area contributed by atoms with E-state index >= 15 is 0 Å². The molecule has 0 fully saturated rings. The molecule has 0 atom stereocenters. The van der Waals surface area contributed by atoms with Crippen molar-refractivity contribution in [2.24, 2.45) is 0 Å². The van der Waals surface area contributed by atoms with E-state index < -0.39 is 16.0 Å². The standard InChI is InChI=1S/C5H11NO4S/c1-4-6(5(2)7)10-11(3,8)9/h4H2,1-3H3. The Morgan fingerprint density at radius 2 is 2.00 bits per heavy atom. The fourth-order valence-electron chi connectivity index (χ4n) is 0.491. The van der Waals surface area contributed by atoms with Crippen LogP contribution in [0.3, 0.4) is 0 Å². The first-order valence-corrected chi connectivity index (χ1v) is 4.86. The fraction of sp³-hybridized carbons (Fsp3) is 0.800. The Morgan fingerprint density at radius 3 is 2.09 bits per heavy atom. The zero-order valence-corrected chi connectivity index (χ0v) is 7.51. The normalized spacial score (nSPS) is 11.2. The molecule has 11 heavy (non-hydrogen) atoms. The third kappa shape index (κ3) is 4.74. The molecule has 0 rings (SSSR count). The lowest BCUT2D eigenvalue weighted by atomic mass is 10.6. The van der Waals surface area contributed by atoms with Gasteiger partial charge in [-0.05, 0) is 6.92 Å². The fourth-order valence-corrected chi connectivity index (χ4v) is 1.03. The van der Waals surface area contributed by atoms with Crippen LogP contribution in [0.2, 0.25) is 0 Å². The third-order valence-electron chi connectivity index (χ3n) is 0.864. The Labute approximate surface area is 66.0 Å². The van der Waals surface area contributed by atoms with Crippen LogP contribution in [0.15, 0.2) is 0 Å². The summed E-state index contributed by atoms with van der Waals surface area (Å²) < 4.78 is 25.3. The second kappa shape index (κ2) is 3.68. The van der Waals surface area contributed by atoms with E-state index in [-0.39, 0.29) is 6.54 Å². The molecule has 1 amide bonds. The second-order valence-corrected chi connectivity index (χ2v) is 3.55. The maximum absolute atomic E-state index is 10.6. The molecule has 0 aromatic heterocycles. The predicted molar refractivity (Wildman–Crippen MR) is 39.0 cm³/mol. The van der Waals surface area contributed by atoms with Gasteiger partial charge >= 0.3 is 0 Å². The quantitative estimate of drug-likeness (QED) is 0.563. The Hall–Kier alpha value is -0.620. The Bertz CT molecular complexity index is 233. The number of hydroxylamine groups is 2. The van der Waals surface area contributed by atoms with E-state index in [1.165, 1.54) is 6.92 Å². The SMILES string of the molecule is CCN(OS(C)(=O)=O)C(C)=O. The molecule has 6 heteroatoms. The zero-order valence-electron chi connectivity index (χ0n) is 6.70. The van der Waals surface area contributed by atoms with E-state index in [0.717, 1.165) is 11.3 Å². The van der Waals surface area contributed by atoms with Crippen molar-refractivity contribution in [2.45, 2.75) is 13.8 Å². The molecular formula is C5H11NO4S. The summed E-state index contributed by atoms with van der Waals surface area (Å²) in [4.78, 5) is 10.6. The largest absolute Gasteiger partial charge is 0.285 e. The van der Waals surface area contributed by atoms with Gasteiger partial charge in [-0.25, -0.2) is 5.06 Å². The molecule has 0 unspecified atom stereocenters. The number of amides is 1. The van der Waals surface area contributed by atoms with Crippen molar-refractivity contribution in [1.29, 1.82) is 0 Å². The lowest BCUT2D eigenvalue weighted by molar-refractivity contribution is -0.152. The minimum Gasteiger partial charge on any atom is -0.273 e. The van der Waals surface area contributed by atoms with Gasteiger partial charge in [0.15, 0.2) is 0 Å². The van der Waals surface area contributed by atoms with Crippen LogP contribution >= 0.6 is 0 Å². The van der Waals surface area contributed by atoms with Gasteiger partial charge in [-0.2, -0.15) is 8.42 Å². The van der Waals surface area contributed by atoms with E-state index in [4.69, 9.17) is 0 Å². The van der Waals surface area contributed by atoms with Crippen LogP contribution in [0.25, 0.3) is 0 Å². The number of carbonyl (C=O) groups excluding carboxylic acids is 1. The topological polar surface area (TPSA) is 63.7 Å². The second-order valence-electron chi connectivity index (χ2n) is 1.99. The van der Waals surface area contributed by atoms with Crippen molar-refractivity contribution in [2.75, 3.05) is 12.8 Å². The molecule has 0 bridgehead atoms. The summed E-state index contributed by atoms with van der Waals surface area (Å²) in [6, 6.07) is 0. The van der Waals surface area contributed by atoms with Crippen molar-refractivity contribution in [3.63, 3.8) is 0 Å². The lowest BCUT2D eigenvalue weighted by Gasteiger charge is -2.15. The van der Waals surface area contributed by atoms with E-state index in [1.807, 2.05) is 0 Å². The highest BCUT2D eigenvalue weighted by atomic mass is 32.2. The van der Waals surface area contributed by atoms with Crippen LogP contribution in [0, 0.1) is 0 Å². The summed E-state index contributed by atoms with van der Waals surface area (Å²) in [6.45, 7) is 3.06. The van der Waals surface area contributed by atoms with Crippen molar-refractivity contribution >= 4 is 16.0 Å². The maximum Gasteiger partial charge on any atom is 0.285 e.